The van der Waals surface area contributed by atoms with Gasteiger partial charge in [-0.2, -0.15) is 0 Å². The highest BCUT2D eigenvalue weighted by Gasteiger charge is 2.45. The lowest BCUT2D eigenvalue weighted by atomic mass is 10.0. The number of azide groups is 1. The zero-order valence-corrected chi connectivity index (χ0v) is 17.8. The van der Waals surface area contributed by atoms with Crippen LogP contribution in [0.1, 0.15) is 34.1 Å². The van der Waals surface area contributed by atoms with Crippen LogP contribution in [0.4, 0.5) is 0 Å². The van der Waals surface area contributed by atoms with E-state index in [1.54, 1.807) is 11.8 Å². The quantitative estimate of drug-likeness (QED) is 0.273. The minimum Gasteiger partial charge on any atom is -0.411 e. The van der Waals surface area contributed by atoms with Crippen LogP contribution in [0.5, 0.6) is 0 Å². The van der Waals surface area contributed by atoms with Gasteiger partial charge in [0.05, 0.1) is 18.2 Å². The molecule has 7 heteroatoms. The fraction of sp³-hybridized carbons (Fsp3) is 0.667. The van der Waals surface area contributed by atoms with E-state index in [9.17, 15) is 0 Å². The first-order valence-corrected chi connectivity index (χ1v) is 12.5. The standard InChI is InChI=1S/C18H29N3O2SSi/c1-13-17(23-25(5,6)18(2,3)4)15(20-21-19)12-16(22-13)24-14-10-8-7-9-11-14/h7-11,13,15-17H,12H2,1-6H3/t13-,15-,16?,17-/m1/s1. The Labute approximate surface area is 156 Å². The van der Waals surface area contributed by atoms with E-state index < -0.39 is 8.32 Å². The van der Waals surface area contributed by atoms with Gasteiger partial charge in [-0.25, -0.2) is 0 Å². The maximum atomic E-state index is 9.02. The largest absolute Gasteiger partial charge is 0.411 e. The molecule has 0 radical (unpaired) electrons. The van der Waals surface area contributed by atoms with Gasteiger partial charge in [0.1, 0.15) is 5.44 Å². The molecule has 1 unspecified atom stereocenters. The average molecular weight is 380 g/mol. The Balaban J connectivity index is 2.14. The molecule has 1 aromatic carbocycles. The van der Waals surface area contributed by atoms with Crippen molar-refractivity contribution in [2.45, 2.75) is 80.8 Å². The van der Waals surface area contributed by atoms with Crippen LogP contribution in [-0.4, -0.2) is 32.0 Å². The molecule has 0 bridgehead atoms. The summed E-state index contributed by atoms with van der Waals surface area (Å²) in [5.41, 5.74) is 8.99. The highest BCUT2D eigenvalue weighted by molar-refractivity contribution is 7.99. The summed E-state index contributed by atoms with van der Waals surface area (Å²) in [6.45, 7) is 13.1. The minimum absolute atomic E-state index is 0.0350. The molecule has 0 aliphatic carbocycles. The number of rotatable bonds is 5. The molecule has 5 nitrogen and oxygen atoms in total. The molecule has 4 atom stereocenters. The van der Waals surface area contributed by atoms with Crippen LogP contribution < -0.4 is 0 Å². The third-order valence-corrected chi connectivity index (χ3v) is 10.7. The molecule has 1 fully saturated rings. The van der Waals surface area contributed by atoms with Gasteiger partial charge in [-0.1, -0.05) is 55.8 Å². The molecule has 25 heavy (non-hydrogen) atoms. The second-order valence-electron chi connectivity index (χ2n) is 8.05. The van der Waals surface area contributed by atoms with Crippen molar-refractivity contribution in [1.82, 2.24) is 0 Å². The molecular weight excluding hydrogens is 350 g/mol. The van der Waals surface area contributed by atoms with Crippen LogP contribution in [0.3, 0.4) is 0 Å². The molecular formula is C18H29N3O2SSi. The first kappa shape index (κ1) is 20.3. The highest BCUT2D eigenvalue weighted by Crippen LogP contribution is 2.41. The Morgan fingerprint density at radius 3 is 2.48 bits per heavy atom. The van der Waals surface area contributed by atoms with Gasteiger partial charge in [-0.15, -0.1) is 0 Å². The number of hydrogen-bond donors (Lipinski definition) is 0. The molecule has 1 saturated heterocycles. The first-order chi connectivity index (χ1) is 11.6. The predicted molar refractivity (Wildman–Crippen MR) is 106 cm³/mol. The molecule has 138 valence electrons. The molecule has 0 amide bonds. The molecule has 0 saturated carbocycles. The summed E-state index contributed by atoms with van der Waals surface area (Å²) in [6.07, 6.45) is 0.358. The molecule has 1 aliphatic rings. The Morgan fingerprint density at radius 1 is 1.28 bits per heavy atom. The first-order valence-electron chi connectivity index (χ1n) is 8.73. The normalized spacial score (nSPS) is 27.6. The summed E-state index contributed by atoms with van der Waals surface area (Å²) in [5, 5.41) is 4.16. The second kappa shape index (κ2) is 8.14. The SMILES string of the molecule is C[C@H]1OC(Sc2ccccc2)C[C@@H](N=[N+]=[N-])[C@@H]1O[Si](C)(C)C(C)(C)C. The van der Waals surface area contributed by atoms with Crippen molar-refractivity contribution >= 4 is 20.1 Å². The number of hydrogen-bond acceptors (Lipinski definition) is 4. The summed E-state index contributed by atoms with van der Waals surface area (Å²) in [6, 6.07) is 9.97. The molecule has 1 aromatic rings. The predicted octanol–water partition coefficient (Wildman–Crippen LogP) is 5.98. The Morgan fingerprint density at radius 2 is 1.92 bits per heavy atom. The van der Waals surface area contributed by atoms with Crippen molar-refractivity contribution in [2.24, 2.45) is 5.11 Å². The molecule has 2 rings (SSSR count). The lowest BCUT2D eigenvalue weighted by molar-refractivity contribution is -0.0806. The van der Waals surface area contributed by atoms with E-state index in [0.717, 1.165) is 4.90 Å². The molecule has 0 spiro atoms. The maximum absolute atomic E-state index is 9.02. The zero-order chi connectivity index (χ0) is 18.7. The van der Waals surface area contributed by atoms with Crippen LogP contribution in [0.25, 0.3) is 10.4 Å². The average Bonchev–Trinajstić information content (AvgIpc) is 2.51. The van der Waals surface area contributed by atoms with E-state index in [4.69, 9.17) is 14.7 Å². The van der Waals surface area contributed by atoms with Crippen molar-refractivity contribution in [3.8, 4) is 0 Å². The maximum Gasteiger partial charge on any atom is 0.192 e. The Kier molecular flexibility index (Phi) is 6.62. The van der Waals surface area contributed by atoms with Crippen molar-refractivity contribution in [3.05, 3.63) is 40.8 Å². The zero-order valence-electron chi connectivity index (χ0n) is 16.0. The van der Waals surface area contributed by atoms with Gasteiger partial charge < -0.3 is 9.16 Å². The number of ether oxygens (including phenoxy) is 1. The topological polar surface area (TPSA) is 67.2 Å². The number of thioether (sulfide) groups is 1. The monoisotopic (exact) mass is 379 g/mol. The summed E-state index contributed by atoms with van der Waals surface area (Å²) in [5.74, 6) is 0. The highest BCUT2D eigenvalue weighted by atomic mass is 32.2. The van der Waals surface area contributed by atoms with E-state index in [-0.39, 0.29) is 28.7 Å². The van der Waals surface area contributed by atoms with Gasteiger partial charge in [0.15, 0.2) is 8.32 Å². The minimum atomic E-state index is -1.97. The van der Waals surface area contributed by atoms with Crippen molar-refractivity contribution in [3.63, 3.8) is 0 Å². The van der Waals surface area contributed by atoms with E-state index in [1.165, 1.54) is 0 Å². The third kappa shape index (κ3) is 5.25. The van der Waals surface area contributed by atoms with Crippen molar-refractivity contribution in [2.75, 3.05) is 0 Å². The van der Waals surface area contributed by atoms with Crippen molar-refractivity contribution < 1.29 is 9.16 Å². The molecule has 0 N–H and O–H groups in total. The fourth-order valence-electron chi connectivity index (χ4n) is 2.61. The third-order valence-electron chi connectivity index (χ3n) is 5.09. The van der Waals surface area contributed by atoms with E-state index in [0.29, 0.717) is 6.42 Å². The second-order valence-corrected chi connectivity index (χ2v) is 14.0. The van der Waals surface area contributed by atoms with E-state index >= 15 is 0 Å². The van der Waals surface area contributed by atoms with Crippen LogP contribution in [0.15, 0.2) is 40.3 Å². The Hall–Kier alpha value is -0.983. The Bertz CT molecular complexity index is 614. The summed E-state index contributed by atoms with van der Waals surface area (Å²) < 4.78 is 12.8. The van der Waals surface area contributed by atoms with Crippen LogP contribution in [-0.2, 0) is 9.16 Å². The molecule has 1 heterocycles. The van der Waals surface area contributed by atoms with Gasteiger partial charge in [0.25, 0.3) is 0 Å². The van der Waals surface area contributed by atoms with Crippen LogP contribution >= 0.6 is 11.8 Å². The fourth-order valence-corrected chi connectivity index (χ4v) is 5.14. The lowest BCUT2D eigenvalue weighted by Crippen LogP contribution is -2.54. The van der Waals surface area contributed by atoms with Crippen LogP contribution in [0.2, 0.25) is 18.1 Å². The van der Waals surface area contributed by atoms with Gasteiger partial charge in [0.2, 0.25) is 0 Å². The van der Waals surface area contributed by atoms with Gasteiger partial charge in [-0.3, -0.25) is 0 Å². The van der Waals surface area contributed by atoms with E-state index in [2.05, 4.69) is 56.0 Å². The van der Waals surface area contributed by atoms with Gasteiger partial charge in [-0.05, 0) is 49.1 Å². The van der Waals surface area contributed by atoms with Crippen LogP contribution in [0, 0.1) is 0 Å². The number of benzene rings is 1. The van der Waals surface area contributed by atoms with E-state index in [1.807, 2.05) is 25.1 Å². The van der Waals surface area contributed by atoms with Gasteiger partial charge >= 0.3 is 0 Å². The summed E-state index contributed by atoms with van der Waals surface area (Å²) in [7, 11) is -1.97. The summed E-state index contributed by atoms with van der Waals surface area (Å²) >= 11 is 1.67. The number of nitrogens with zero attached hydrogens (tertiary/aromatic N) is 3. The molecule has 0 aromatic heterocycles. The molecule has 1 aliphatic heterocycles. The lowest BCUT2D eigenvalue weighted by Gasteiger charge is -2.45. The van der Waals surface area contributed by atoms with Gasteiger partial charge in [0, 0.05) is 9.81 Å². The smallest absolute Gasteiger partial charge is 0.192 e. The van der Waals surface area contributed by atoms with Crippen molar-refractivity contribution in [1.29, 1.82) is 0 Å². The summed E-state index contributed by atoms with van der Waals surface area (Å²) in [4.78, 5) is 4.23.